The molecule has 5 heteroatoms. The van der Waals surface area contributed by atoms with E-state index in [0.717, 1.165) is 29.4 Å². The third-order valence-corrected chi connectivity index (χ3v) is 3.52. The quantitative estimate of drug-likeness (QED) is 0.925. The Morgan fingerprint density at radius 2 is 2.28 bits per heavy atom. The van der Waals surface area contributed by atoms with Gasteiger partial charge in [0.1, 0.15) is 0 Å². The minimum atomic E-state index is 0.244. The van der Waals surface area contributed by atoms with Gasteiger partial charge >= 0.3 is 0 Å². The number of nitrogens with zero attached hydrogens (tertiary/aromatic N) is 2. The maximum absolute atomic E-state index is 6.11. The van der Waals surface area contributed by atoms with Gasteiger partial charge in [0.05, 0.1) is 12.5 Å². The van der Waals surface area contributed by atoms with E-state index in [4.69, 9.17) is 16.1 Å². The van der Waals surface area contributed by atoms with Gasteiger partial charge in [-0.25, -0.2) is 0 Å². The maximum Gasteiger partial charge on any atom is 0.231 e. The van der Waals surface area contributed by atoms with E-state index in [0.29, 0.717) is 12.3 Å². The Hall–Kier alpha value is -1.39. The van der Waals surface area contributed by atoms with Crippen LogP contribution in [0.25, 0.3) is 0 Å². The van der Waals surface area contributed by atoms with Crippen molar-refractivity contribution in [1.82, 2.24) is 15.5 Å². The highest BCUT2D eigenvalue weighted by molar-refractivity contribution is 6.31. The molecule has 1 fully saturated rings. The number of aromatic nitrogens is 2. The summed E-state index contributed by atoms with van der Waals surface area (Å²) in [4.78, 5) is 4.43. The summed E-state index contributed by atoms with van der Waals surface area (Å²) in [6, 6.07) is 7.95. The molecular weight excluding hydrogens is 250 g/mol. The summed E-state index contributed by atoms with van der Waals surface area (Å²) in [6.45, 7) is 1.03. The third-order valence-electron chi connectivity index (χ3n) is 3.16. The van der Waals surface area contributed by atoms with Crippen molar-refractivity contribution in [1.29, 1.82) is 0 Å². The topological polar surface area (TPSA) is 51.0 Å². The average Bonchev–Trinajstić information content (AvgIpc) is 3.02. The van der Waals surface area contributed by atoms with E-state index in [1.807, 2.05) is 24.3 Å². The van der Waals surface area contributed by atoms with Gasteiger partial charge in [0.25, 0.3) is 0 Å². The molecule has 18 heavy (non-hydrogen) atoms. The number of nitrogens with one attached hydrogen (secondary N) is 1. The normalized spacial score (nSPS) is 19.3. The zero-order valence-electron chi connectivity index (χ0n) is 9.90. The number of benzene rings is 1. The molecule has 2 aromatic rings. The van der Waals surface area contributed by atoms with Crippen LogP contribution in [-0.2, 0) is 6.42 Å². The predicted molar refractivity (Wildman–Crippen MR) is 68.5 cm³/mol. The Kier molecular flexibility index (Phi) is 3.30. The van der Waals surface area contributed by atoms with Gasteiger partial charge in [-0.2, -0.15) is 4.98 Å². The van der Waals surface area contributed by atoms with Crippen molar-refractivity contribution in [2.75, 3.05) is 6.54 Å². The van der Waals surface area contributed by atoms with Crippen LogP contribution in [-0.4, -0.2) is 16.7 Å². The molecular formula is C13H14ClN3O. The lowest BCUT2D eigenvalue weighted by molar-refractivity contribution is 0.373. The first-order chi connectivity index (χ1) is 8.83. The van der Waals surface area contributed by atoms with E-state index >= 15 is 0 Å². The molecule has 1 aromatic heterocycles. The highest BCUT2D eigenvalue weighted by Gasteiger charge is 2.21. The second-order valence-corrected chi connectivity index (χ2v) is 4.87. The van der Waals surface area contributed by atoms with Gasteiger partial charge in [-0.05, 0) is 31.0 Å². The van der Waals surface area contributed by atoms with Gasteiger partial charge in [0.15, 0.2) is 5.82 Å². The summed E-state index contributed by atoms with van der Waals surface area (Å²) >= 11 is 6.11. The molecule has 1 saturated heterocycles. The molecule has 1 aliphatic heterocycles. The van der Waals surface area contributed by atoms with Crippen molar-refractivity contribution in [2.24, 2.45) is 0 Å². The van der Waals surface area contributed by atoms with Crippen molar-refractivity contribution in [3.8, 4) is 0 Å². The minimum absolute atomic E-state index is 0.244. The van der Waals surface area contributed by atoms with E-state index in [1.165, 1.54) is 6.42 Å². The van der Waals surface area contributed by atoms with Crippen LogP contribution >= 0.6 is 11.6 Å². The van der Waals surface area contributed by atoms with E-state index < -0.39 is 0 Å². The van der Waals surface area contributed by atoms with Gasteiger partial charge in [0, 0.05) is 5.02 Å². The molecule has 0 bridgehead atoms. The van der Waals surface area contributed by atoms with E-state index in [-0.39, 0.29) is 6.04 Å². The van der Waals surface area contributed by atoms with Gasteiger partial charge < -0.3 is 9.84 Å². The minimum Gasteiger partial charge on any atom is -0.339 e. The SMILES string of the molecule is Clc1ccccc1Cc1nc(C2CCCN2)no1. The van der Waals surface area contributed by atoms with Crippen molar-refractivity contribution in [2.45, 2.75) is 25.3 Å². The third kappa shape index (κ3) is 2.40. The lowest BCUT2D eigenvalue weighted by Crippen LogP contribution is -2.14. The molecule has 4 nitrogen and oxygen atoms in total. The van der Waals surface area contributed by atoms with Gasteiger partial charge in [-0.3, -0.25) is 0 Å². The van der Waals surface area contributed by atoms with Crippen LogP contribution in [0.2, 0.25) is 5.02 Å². The van der Waals surface area contributed by atoms with Crippen LogP contribution in [0.3, 0.4) is 0 Å². The van der Waals surface area contributed by atoms with Gasteiger partial charge in [-0.15, -0.1) is 0 Å². The second kappa shape index (κ2) is 5.08. The summed E-state index contributed by atoms with van der Waals surface area (Å²) in [7, 11) is 0. The maximum atomic E-state index is 6.11. The number of halogens is 1. The Bertz CT molecular complexity index is 535. The fraction of sp³-hybridized carbons (Fsp3) is 0.385. The summed E-state index contributed by atoms with van der Waals surface area (Å²) in [5, 5.41) is 8.12. The van der Waals surface area contributed by atoms with Gasteiger partial charge in [-0.1, -0.05) is 35.0 Å². The van der Waals surface area contributed by atoms with Crippen LogP contribution in [0.4, 0.5) is 0 Å². The van der Waals surface area contributed by atoms with Crippen molar-refractivity contribution >= 4 is 11.6 Å². The molecule has 0 spiro atoms. The van der Waals surface area contributed by atoms with Gasteiger partial charge in [0.2, 0.25) is 5.89 Å². The van der Waals surface area contributed by atoms with E-state index in [2.05, 4.69) is 15.5 Å². The first-order valence-electron chi connectivity index (χ1n) is 6.12. The Balaban J connectivity index is 1.75. The number of hydrogen-bond donors (Lipinski definition) is 1. The molecule has 1 N–H and O–H groups in total. The lowest BCUT2D eigenvalue weighted by atomic mass is 10.1. The number of hydrogen-bond acceptors (Lipinski definition) is 4. The molecule has 0 saturated carbocycles. The first kappa shape index (κ1) is 11.7. The highest BCUT2D eigenvalue weighted by Crippen LogP contribution is 2.22. The summed E-state index contributed by atoms with van der Waals surface area (Å²) in [5.74, 6) is 1.38. The Morgan fingerprint density at radius 1 is 1.39 bits per heavy atom. The summed E-state index contributed by atoms with van der Waals surface area (Å²) in [5.41, 5.74) is 1.01. The first-order valence-corrected chi connectivity index (χ1v) is 6.50. The smallest absolute Gasteiger partial charge is 0.231 e. The van der Waals surface area contributed by atoms with Crippen LogP contribution < -0.4 is 5.32 Å². The van der Waals surface area contributed by atoms with E-state index in [1.54, 1.807) is 0 Å². The molecule has 2 heterocycles. The van der Waals surface area contributed by atoms with Crippen molar-refractivity contribution < 1.29 is 4.52 Å². The molecule has 1 unspecified atom stereocenters. The molecule has 3 rings (SSSR count). The van der Waals surface area contributed by atoms with Crippen LogP contribution in [0.15, 0.2) is 28.8 Å². The number of rotatable bonds is 3. The van der Waals surface area contributed by atoms with Crippen LogP contribution in [0.1, 0.15) is 36.2 Å². The molecule has 1 aromatic carbocycles. The Labute approximate surface area is 110 Å². The lowest BCUT2D eigenvalue weighted by Gasteiger charge is -2.02. The Morgan fingerprint density at radius 3 is 3.06 bits per heavy atom. The summed E-state index contributed by atoms with van der Waals surface area (Å²) in [6.07, 6.45) is 2.82. The zero-order chi connectivity index (χ0) is 12.4. The molecule has 0 aliphatic carbocycles. The monoisotopic (exact) mass is 263 g/mol. The van der Waals surface area contributed by atoms with Crippen LogP contribution in [0.5, 0.6) is 0 Å². The molecule has 94 valence electrons. The molecule has 0 amide bonds. The fourth-order valence-corrected chi connectivity index (χ4v) is 2.39. The zero-order valence-corrected chi connectivity index (χ0v) is 10.7. The molecule has 0 radical (unpaired) electrons. The second-order valence-electron chi connectivity index (χ2n) is 4.46. The van der Waals surface area contributed by atoms with Crippen molar-refractivity contribution in [3.63, 3.8) is 0 Å². The van der Waals surface area contributed by atoms with E-state index in [9.17, 15) is 0 Å². The largest absolute Gasteiger partial charge is 0.339 e. The molecule has 1 aliphatic rings. The summed E-state index contributed by atoms with van der Waals surface area (Å²) < 4.78 is 5.28. The predicted octanol–water partition coefficient (Wildman–Crippen LogP) is 2.74. The highest BCUT2D eigenvalue weighted by atomic mass is 35.5. The molecule has 1 atom stereocenters. The average molecular weight is 264 g/mol. The van der Waals surface area contributed by atoms with Crippen LogP contribution in [0, 0.1) is 0 Å². The van der Waals surface area contributed by atoms with Crippen molar-refractivity contribution in [3.05, 3.63) is 46.6 Å². The fourth-order valence-electron chi connectivity index (χ4n) is 2.19. The standard InChI is InChI=1S/C13H14ClN3O/c14-10-5-2-1-4-9(10)8-12-16-13(17-18-12)11-6-3-7-15-11/h1-2,4-5,11,15H,3,6-8H2.